The van der Waals surface area contributed by atoms with E-state index >= 15 is 0 Å². The van der Waals surface area contributed by atoms with Gasteiger partial charge in [-0.2, -0.15) is 0 Å². The van der Waals surface area contributed by atoms with E-state index < -0.39 is 23.5 Å². The van der Waals surface area contributed by atoms with Gasteiger partial charge in [-0.05, 0) is 61.0 Å². The molecule has 1 aliphatic rings. The molecule has 2 N–H and O–H groups in total. The lowest BCUT2D eigenvalue weighted by atomic mass is 9.94. The molecule has 1 atom stereocenters. The molecule has 0 saturated carbocycles. The van der Waals surface area contributed by atoms with Gasteiger partial charge in [0.2, 0.25) is 0 Å². The molecule has 2 heterocycles. The predicted octanol–water partition coefficient (Wildman–Crippen LogP) is 5.31. The number of aliphatic hydroxyl groups is 1. The average molecular weight is 470 g/mol. The van der Waals surface area contributed by atoms with Gasteiger partial charge in [-0.1, -0.05) is 18.2 Å². The normalized spacial score (nSPS) is 17.4. The second-order valence-electron chi connectivity index (χ2n) is 8.83. The van der Waals surface area contributed by atoms with Gasteiger partial charge in [0.05, 0.1) is 11.6 Å². The monoisotopic (exact) mass is 469 g/mol. The first-order valence-electron chi connectivity index (χ1n) is 11.2. The highest BCUT2D eigenvalue weighted by molar-refractivity contribution is 6.51. The van der Waals surface area contributed by atoms with Crippen LogP contribution >= 0.6 is 0 Å². The van der Waals surface area contributed by atoms with Crippen LogP contribution < -0.4 is 9.80 Å². The lowest BCUT2D eigenvalue weighted by Crippen LogP contribution is -2.29. The summed E-state index contributed by atoms with van der Waals surface area (Å²) in [5.41, 5.74) is 3.55. The molecule has 1 unspecified atom stereocenters. The number of anilines is 2. The van der Waals surface area contributed by atoms with Crippen molar-refractivity contribution in [3.05, 3.63) is 101 Å². The van der Waals surface area contributed by atoms with Gasteiger partial charge < -0.3 is 15.0 Å². The third kappa shape index (κ3) is 3.65. The maximum absolute atomic E-state index is 13.9. The molecular weight excluding hydrogens is 445 g/mol. The Morgan fingerprint density at radius 3 is 2.43 bits per heavy atom. The zero-order chi connectivity index (χ0) is 24.9. The third-order valence-electron chi connectivity index (χ3n) is 6.44. The number of nitrogens with one attached hydrogen (secondary N) is 1. The number of rotatable bonds is 4. The highest BCUT2D eigenvalue weighted by atomic mass is 19.1. The first kappa shape index (κ1) is 22.4. The summed E-state index contributed by atoms with van der Waals surface area (Å²) in [5, 5.41) is 12.1. The number of carbonyl (C=O) groups excluding carboxylic acids is 2. The summed E-state index contributed by atoms with van der Waals surface area (Å²) in [6, 6.07) is 18.1. The molecule has 3 aromatic carbocycles. The number of amides is 1. The Morgan fingerprint density at radius 1 is 1.03 bits per heavy atom. The van der Waals surface area contributed by atoms with E-state index in [4.69, 9.17) is 0 Å². The van der Waals surface area contributed by atoms with E-state index in [0.717, 1.165) is 16.6 Å². The van der Waals surface area contributed by atoms with Crippen LogP contribution in [-0.2, 0) is 9.59 Å². The van der Waals surface area contributed by atoms with Gasteiger partial charge in [0.1, 0.15) is 11.6 Å². The van der Waals surface area contributed by atoms with Crippen LogP contribution in [-0.4, -0.2) is 35.9 Å². The largest absolute Gasteiger partial charge is 0.507 e. The van der Waals surface area contributed by atoms with Crippen LogP contribution in [0.2, 0.25) is 0 Å². The van der Waals surface area contributed by atoms with Crippen LogP contribution in [0.25, 0.3) is 16.7 Å². The Labute approximate surface area is 201 Å². The number of ketones is 1. The highest BCUT2D eigenvalue weighted by Gasteiger charge is 2.47. The number of halogens is 1. The van der Waals surface area contributed by atoms with Gasteiger partial charge in [0.25, 0.3) is 11.7 Å². The van der Waals surface area contributed by atoms with Gasteiger partial charge in [-0.15, -0.1) is 0 Å². The number of nitrogens with zero attached hydrogens (tertiary/aromatic N) is 2. The minimum Gasteiger partial charge on any atom is -0.507 e. The van der Waals surface area contributed by atoms with E-state index in [1.54, 1.807) is 25.3 Å². The Morgan fingerprint density at radius 2 is 1.74 bits per heavy atom. The molecular formula is C28H24FN3O3. The van der Waals surface area contributed by atoms with Crippen molar-refractivity contribution >= 4 is 39.7 Å². The maximum Gasteiger partial charge on any atom is 0.300 e. The summed E-state index contributed by atoms with van der Waals surface area (Å²) in [5.74, 6) is -2.29. The lowest BCUT2D eigenvalue weighted by Gasteiger charge is -2.25. The molecule has 4 aromatic rings. The van der Waals surface area contributed by atoms with E-state index in [9.17, 15) is 19.1 Å². The topological polar surface area (TPSA) is 76.6 Å². The van der Waals surface area contributed by atoms with Crippen LogP contribution in [0.15, 0.2) is 78.5 Å². The SMILES string of the molecule is Cc1cc(/C(O)=C2\C(=O)C(=O)N(c3ccc(N(C)C)cc3)C2c2c[nH]c3ccccc23)ccc1F. The zero-order valence-electron chi connectivity index (χ0n) is 19.5. The van der Waals surface area contributed by atoms with Crippen molar-refractivity contribution in [3.8, 4) is 0 Å². The smallest absolute Gasteiger partial charge is 0.300 e. The fourth-order valence-corrected chi connectivity index (χ4v) is 4.57. The van der Waals surface area contributed by atoms with Crippen molar-refractivity contribution < 1.29 is 19.1 Å². The number of hydrogen-bond donors (Lipinski definition) is 2. The van der Waals surface area contributed by atoms with Crippen LogP contribution in [0.5, 0.6) is 0 Å². The standard InChI is InChI=1S/C28H24FN3O3/c1-16-14-17(8-13-22(16)29)26(33)24-25(21-15-30-23-7-5-4-6-20(21)23)32(28(35)27(24)34)19-11-9-18(10-12-19)31(2)3/h4-15,25,30,33H,1-3H3/b26-24+. The van der Waals surface area contributed by atoms with Gasteiger partial charge in [0, 0.05) is 53.7 Å². The van der Waals surface area contributed by atoms with Gasteiger partial charge in [-0.3, -0.25) is 14.5 Å². The molecule has 6 nitrogen and oxygen atoms in total. The number of benzene rings is 3. The van der Waals surface area contributed by atoms with Gasteiger partial charge in [0.15, 0.2) is 0 Å². The number of Topliss-reactive ketones (excluding diaryl/α,β-unsaturated/α-hetero) is 1. The maximum atomic E-state index is 13.9. The fraction of sp³-hybridized carbons (Fsp3) is 0.143. The second kappa shape index (κ2) is 8.43. The summed E-state index contributed by atoms with van der Waals surface area (Å²) in [4.78, 5) is 33.3. The summed E-state index contributed by atoms with van der Waals surface area (Å²) in [6.45, 7) is 1.58. The fourth-order valence-electron chi connectivity index (χ4n) is 4.57. The molecule has 1 amide bonds. The van der Waals surface area contributed by atoms with Crippen molar-refractivity contribution in [2.24, 2.45) is 0 Å². The first-order valence-corrected chi connectivity index (χ1v) is 11.2. The number of aryl methyl sites for hydroxylation is 1. The molecule has 1 aliphatic heterocycles. The molecule has 7 heteroatoms. The number of carbonyl (C=O) groups is 2. The van der Waals surface area contributed by atoms with Gasteiger partial charge in [-0.25, -0.2) is 4.39 Å². The summed E-state index contributed by atoms with van der Waals surface area (Å²) in [7, 11) is 3.83. The molecule has 0 spiro atoms. The summed E-state index contributed by atoms with van der Waals surface area (Å²) < 4.78 is 13.9. The molecule has 0 bridgehead atoms. The van der Waals surface area contributed by atoms with Crippen molar-refractivity contribution in [1.82, 2.24) is 4.98 Å². The van der Waals surface area contributed by atoms with Crippen molar-refractivity contribution in [2.45, 2.75) is 13.0 Å². The van der Waals surface area contributed by atoms with Crippen molar-refractivity contribution in [1.29, 1.82) is 0 Å². The van der Waals surface area contributed by atoms with Crippen LogP contribution in [0.1, 0.15) is 22.7 Å². The molecule has 1 fully saturated rings. The average Bonchev–Trinajstić information content (AvgIpc) is 3.39. The predicted molar refractivity (Wildman–Crippen MR) is 135 cm³/mol. The molecule has 5 rings (SSSR count). The van der Waals surface area contributed by atoms with E-state index in [1.165, 1.54) is 23.1 Å². The summed E-state index contributed by atoms with van der Waals surface area (Å²) >= 11 is 0. The Bertz CT molecular complexity index is 1500. The lowest BCUT2D eigenvalue weighted by molar-refractivity contribution is -0.132. The van der Waals surface area contributed by atoms with E-state index in [1.807, 2.05) is 55.4 Å². The minimum absolute atomic E-state index is 0.0394. The number of aromatic nitrogens is 1. The number of hydrogen-bond acceptors (Lipinski definition) is 4. The third-order valence-corrected chi connectivity index (χ3v) is 6.44. The number of aromatic amines is 1. The van der Waals surface area contributed by atoms with Gasteiger partial charge >= 0.3 is 0 Å². The summed E-state index contributed by atoms with van der Waals surface area (Å²) in [6.07, 6.45) is 1.76. The minimum atomic E-state index is -0.873. The van der Waals surface area contributed by atoms with Crippen molar-refractivity contribution in [3.63, 3.8) is 0 Å². The van der Waals surface area contributed by atoms with E-state index in [2.05, 4.69) is 4.98 Å². The Balaban J connectivity index is 1.75. The Kier molecular flexibility index (Phi) is 5.40. The molecule has 1 saturated heterocycles. The zero-order valence-corrected chi connectivity index (χ0v) is 19.5. The molecule has 176 valence electrons. The van der Waals surface area contributed by atoms with Crippen LogP contribution in [0.4, 0.5) is 15.8 Å². The second-order valence-corrected chi connectivity index (χ2v) is 8.83. The van der Waals surface area contributed by atoms with E-state index in [-0.39, 0.29) is 16.9 Å². The number of H-pyrrole nitrogens is 1. The highest BCUT2D eigenvalue weighted by Crippen LogP contribution is 2.44. The number of fused-ring (bicyclic) bond motifs is 1. The Hall–Kier alpha value is -4.39. The molecule has 0 aliphatic carbocycles. The molecule has 35 heavy (non-hydrogen) atoms. The molecule has 0 radical (unpaired) electrons. The van der Waals surface area contributed by atoms with Crippen molar-refractivity contribution in [2.75, 3.05) is 23.9 Å². The molecule has 1 aromatic heterocycles. The van der Waals surface area contributed by atoms with Crippen LogP contribution in [0.3, 0.4) is 0 Å². The number of aliphatic hydroxyl groups excluding tert-OH is 1. The van der Waals surface area contributed by atoms with E-state index in [0.29, 0.717) is 16.8 Å². The van der Waals surface area contributed by atoms with Crippen LogP contribution in [0, 0.1) is 12.7 Å². The quantitative estimate of drug-likeness (QED) is 0.241. The number of para-hydroxylation sites is 1. The first-order chi connectivity index (χ1) is 16.8.